The lowest BCUT2D eigenvalue weighted by atomic mass is 10.1. The van der Waals surface area contributed by atoms with Gasteiger partial charge in [0.15, 0.2) is 0 Å². The monoisotopic (exact) mass is 217 g/mol. The first-order valence-corrected chi connectivity index (χ1v) is 4.51. The zero-order valence-corrected chi connectivity index (χ0v) is 8.29. The van der Waals surface area contributed by atoms with E-state index in [4.69, 9.17) is 11.6 Å². The standard InChI is InChI=1S/C9H9ClFNO2/c1-6(10)4-7-2-3-8(11)5-9(7)12(13)14/h2-3,5-6H,4H2,1H3. The predicted molar refractivity (Wildman–Crippen MR) is 52.1 cm³/mol. The fourth-order valence-electron chi connectivity index (χ4n) is 1.18. The van der Waals surface area contributed by atoms with Crippen LogP contribution >= 0.6 is 11.6 Å². The van der Waals surface area contributed by atoms with Gasteiger partial charge in [-0.2, -0.15) is 0 Å². The van der Waals surface area contributed by atoms with Crippen molar-refractivity contribution in [3.05, 3.63) is 39.7 Å². The van der Waals surface area contributed by atoms with Crippen LogP contribution in [0.15, 0.2) is 18.2 Å². The van der Waals surface area contributed by atoms with Crippen molar-refractivity contribution in [2.75, 3.05) is 0 Å². The number of hydrogen-bond acceptors (Lipinski definition) is 2. The number of halogens is 2. The molecule has 76 valence electrons. The summed E-state index contributed by atoms with van der Waals surface area (Å²) in [5, 5.41) is 10.3. The van der Waals surface area contributed by atoms with Crippen LogP contribution in [0.1, 0.15) is 12.5 Å². The van der Waals surface area contributed by atoms with Crippen molar-refractivity contribution < 1.29 is 9.31 Å². The number of alkyl halides is 1. The molecule has 0 radical (unpaired) electrons. The van der Waals surface area contributed by atoms with E-state index in [9.17, 15) is 14.5 Å². The average Bonchev–Trinajstić information content (AvgIpc) is 2.07. The lowest BCUT2D eigenvalue weighted by Gasteiger charge is -2.04. The molecule has 1 aromatic rings. The minimum atomic E-state index is -0.609. The number of nitro benzene ring substituents is 1. The van der Waals surface area contributed by atoms with E-state index in [0.29, 0.717) is 12.0 Å². The molecule has 0 aliphatic carbocycles. The van der Waals surface area contributed by atoms with Gasteiger partial charge in [-0.1, -0.05) is 0 Å². The third-order valence-corrected chi connectivity index (χ3v) is 1.90. The molecular weight excluding hydrogens is 209 g/mol. The average molecular weight is 218 g/mol. The second kappa shape index (κ2) is 4.37. The van der Waals surface area contributed by atoms with Crippen LogP contribution in [0.4, 0.5) is 10.1 Å². The van der Waals surface area contributed by atoms with E-state index in [2.05, 4.69) is 0 Å². The molecule has 0 aliphatic rings. The van der Waals surface area contributed by atoms with Gasteiger partial charge in [-0.25, -0.2) is 4.39 Å². The molecule has 0 aromatic heterocycles. The first-order valence-electron chi connectivity index (χ1n) is 4.07. The summed E-state index contributed by atoms with van der Waals surface area (Å²) < 4.78 is 12.7. The Balaban J connectivity index is 3.08. The van der Waals surface area contributed by atoms with Crippen LogP contribution < -0.4 is 0 Å². The van der Waals surface area contributed by atoms with Crippen molar-refractivity contribution >= 4 is 17.3 Å². The largest absolute Gasteiger partial charge is 0.275 e. The van der Waals surface area contributed by atoms with E-state index < -0.39 is 10.7 Å². The molecule has 0 saturated carbocycles. The van der Waals surface area contributed by atoms with Crippen LogP contribution in [0.5, 0.6) is 0 Å². The minimum absolute atomic E-state index is 0.209. The van der Waals surface area contributed by atoms with E-state index >= 15 is 0 Å². The highest BCUT2D eigenvalue weighted by Crippen LogP contribution is 2.22. The molecule has 0 aliphatic heterocycles. The highest BCUT2D eigenvalue weighted by molar-refractivity contribution is 6.20. The van der Waals surface area contributed by atoms with Gasteiger partial charge in [0.2, 0.25) is 0 Å². The quantitative estimate of drug-likeness (QED) is 0.444. The Morgan fingerprint density at radius 2 is 2.29 bits per heavy atom. The Hall–Kier alpha value is -1.16. The normalized spacial score (nSPS) is 12.5. The second-order valence-electron chi connectivity index (χ2n) is 3.02. The Morgan fingerprint density at radius 1 is 1.64 bits per heavy atom. The first-order chi connectivity index (χ1) is 6.50. The summed E-state index contributed by atoms with van der Waals surface area (Å²) in [6.45, 7) is 1.73. The van der Waals surface area contributed by atoms with Crippen LogP contribution in [0.2, 0.25) is 0 Å². The molecule has 0 heterocycles. The number of hydrogen-bond donors (Lipinski definition) is 0. The summed E-state index contributed by atoms with van der Waals surface area (Å²) in [6, 6.07) is 3.50. The molecule has 0 amide bonds. The smallest absolute Gasteiger partial charge is 0.258 e. The molecule has 0 saturated heterocycles. The zero-order valence-electron chi connectivity index (χ0n) is 7.54. The minimum Gasteiger partial charge on any atom is -0.258 e. The lowest BCUT2D eigenvalue weighted by Crippen LogP contribution is -2.02. The van der Waals surface area contributed by atoms with Crippen LogP contribution in [-0.4, -0.2) is 10.3 Å². The third kappa shape index (κ3) is 2.67. The van der Waals surface area contributed by atoms with Gasteiger partial charge in [0, 0.05) is 10.9 Å². The SMILES string of the molecule is CC(Cl)Cc1ccc(F)cc1[N+](=O)[O-]. The highest BCUT2D eigenvalue weighted by Gasteiger charge is 2.15. The summed E-state index contributed by atoms with van der Waals surface area (Å²) in [7, 11) is 0. The van der Waals surface area contributed by atoms with E-state index in [-0.39, 0.29) is 11.1 Å². The molecule has 1 atom stereocenters. The van der Waals surface area contributed by atoms with Gasteiger partial charge >= 0.3 is 0 Å². The zero-order chi connectivity index (χ0) is 10.7. The lowest BCUT2D eigenvalue weighted by molar-refractivity contribution is -0.385. The van der Waals surface area contributed by atoms with Gasteiger partial charge in [-0.3, -0.25) is 10.1 Å². The number of nitro groups is 1. The summed E-state index contributed by atoms with van der Waals surface area (Å²) in [5.74, 6) is -0.609. The molecule has 0 bridgehead atoms. The van der Waals surface area contributed by atoms with Gasteiger partial charge in [-0.15, -0.1) is 11.6 Å². The fourth-order valence-corrected chi connectivity index (χ4v) is 1.35. The Morgan fingerprint density at radius 3 is 2.79 bits per heavy atom. The van der Waals surface area contributed by atoms with Crippen LogP contribution in [0, 0.1) is 15.9 Å². The summed E-state index contributed by atoms with van der Waals surface area (Å²) in [5.41, 5.74) is 0.247. The maximum Gasteiger partial charge on any atom is 0.275 e. The van der Waals surface area contributed by atoms with Crippen LogP contribution in [0.3, 0.4) is 0 Å². The molecule has 0 spiro atoms. The molecule has 14 heavy (non-hydrogen) atoms. The van der Waals surface area contributed by atoms with E-state index in [1.807, 2.05) is 0 Å². The van der Waals surface area contributed by atoms with E-state index in [1.165, 1.54) is 12.1 Å². The van der Waals surface area contributed by atoms with Gasteiger partial charge in [-0.05, 0) is 25.5 Å². The Bertz CT molecular complexity index is 355. The molecule has 5 heteroatoms. The van der Waals surface area contributed by atoms with Crippen molar-refractivity contribution in [3.63, 3.8) is 0 Å². The van der Waals surface area contributed by atoms with Crippen molar-refractivity contribution in [2.45, 2.75) is 18.7 Å². The van der Waals surface area contributed by atoms with Gasteiger partial charge in [0.1, 0.15) is 5.82 Å². The van der Waals surface area contributed by atoms with Crippen molar-refractivity contribution in [2.24, 2.45) is 0 Å². The first kappa shape index (κ1) is 10.9. The third-order valence-electron chi connectivity index (χ3n) is 1.75. The topological polar surface area (TPSA) is 43.1 Å². The van der Waals surface area contributed by atoms with Gasteiger partial charge < -0.3 is 0 Å². The van der Waals surface area contributed by atoms with Crippen molar-refractivity contribution in [1.82, 2.24) is 0 Å². The molecule has 0 N–H and O–H groups in total. The number of nitrogens with zero attached hydrogens (tertiary/aromatic N) is 1. The fraction of sp³-hybridized carbons (Fsp3) is 0.333. The Kier molecular flexibility index (Phi) is 3.41. The van der Waals surface area contributed by atoms with E-state index in [1.54, 1.807) is 6.92 Å². The van der Waals surface area contributed by atoms with Crippen LogP contribution in [0.25, 0.3) is 0 Å². The molecule has 1 unspecified atom stereocenters. The van der Waals surface area contributed by atoms with Gasteiger partial charge in [0.05, 0.1) is 11.0 Å². The molecular formula is C9H9ClFNO2. The summed E-state index contributed by atoms with van der Waals surface area (Å²) in [6.07, 6.45) is 0.359. The molecule has 3 nitrogen and oxygen atoms in total. The second-order valence-corrected chi connectivity index (χ2v) is 3.76. The molecule has 1 aromatic carbocycles. The van der Waals surface area contributed by atoms with Crippen LogP contribution in [-0.2, 0) is 6.42 Å². The van der Waals surface area contributed by atoms with Gasteiger partial charge in [0.25, 0.3) is 5.69 Å². The predicted octanol–water partition coefficient (Wildman–Crippen LogP) is 2.90. The van der Waals surface area contributed by atoms with Crippen molar-refractivity contribution in [3.8, 4) is 0 Å². The maximum absolute atomic E-state index is 12.7. The molecule has 0 fully saturated rings. The molecule has 1 rings (SSSR count). The maximum atomic E-state index is 12.7. The summed E-state index contributed by atoms with van der Waals surface area (Å²) in [4.78, 5) is 9.95. The highest BCUT2D eigenvalue weighted by atomic mass is 35.5. The van der Waals surface area contributed by atoms with Crippen molar-refractivity contribution in [1.29, 1.82) is 0 Å². The number of benzene rings is 1. The number of rotatable bonds is 3. The Labute approximate surface area is 85.6 Å². The summed E-state index contributed by atoms with van der Waals surface area (Å²) >= 11 is 5.71. The van der Waals surface area contributed by atoms with E-state index in [0.717, 1.165) is 6.07 Å².